The third-order valence-electron chi connectivity index (χ3n) is 8.59. The lowest BCUT2D eigenvalue weighted by Gasteiger charge is -2.44. The molecule has 0 amide bonds. The summed E-state index contributed by atoms with van der Waals surface area (Å²) in [4.78, 5) is 10.6. The fourth-order valence-corrected chi connectivity index (χ4v) is 6.71. The summed E-state index contributed by atoms with van der Waals surface area (Å²) < 4.78 is 0. The van der Waals surface area contributed by atoms with E-state index < -0.39 is 0 Å². The van der Waals surface area contributed by atoms with Crippen molar-refractivity contribution in [1.82, 2.24) is 19.6 Å². The molecule has 0 bridgehead atoms. The van der Waals surface area contributed by atoms with Crippen molar-refractivity contribution < 1.29 is 0 Å². The van der Waals surface area contributed by atoms with Gasteiger partial charge in [-0.3, -0.25) is 19.6 Å². The van der Waals surface area contributed by atoms with Crippen molar-refractivity contribution in [3.63, 3.8) is 0 Å². The molecule has 0 spiro atoms. The van der Waals surface area contributed by atoms with Gasteiger partial charge in [0.15, 0.2) is 0 Å². The van der Waals surface area contributed by atoms with Crippen LogP contribution in [0.15, 0.2) is 67.2 Å². The maximum absolute atomic E-state index is 4.35. The summed E-state index contributed by atoms with van der Waals surface area (Å²) in [5, 5.41) is 0. The number of hydrogen-bond acceptors (Lipinski definition) is 4. The number of nitrogens with zero attached hydrogens (tertiary/aromatic N) is 4. The monoisotopic (exact) mass is 472 g/mol. The van der Waals surface area contributed by atoms with Crippen molar-refractivity contribution in [1.29, 1.82) is 0 Å². The molecule has 4 saturated heterocycles. The van der Waals surface area contributed by atoms with E-state index in [2.05, 4.69) is 93.8 Å². The van der Waals surface area contributed by atoms with Gasteiger partial charge >= 0.3 is 0 Å². The third-order valence-corrected chi connectivity index (χ3v) is 8.59. The molecule has 3 unspecified atom stereocenters. The molecule has 4 nitrogen and oxygen atoms in total. The van der Waals surface area contributed by atoms with Crippen LogP contribution < -0.4 is 0 Å². The van der Waals surface area contributed by atoms with Crippen LogP contribution in [0, 0.1) is 0 Å². The molecule has 4 heteroatoms. The zero-order valence-electron chi connectivity index (χ0n) is 21.7. The number of hydrogen-bond donors (Lipinski definition) is 0. The maximum Gasteiger partial charge on any atom is 0.0628 e. The van der Waals surface area contributed by atoms with Crippen molar-refractivity contribution in [3.05, 3.63) is 78.4 Å². The van der Waals surface area contributed by atoms with Gasteiger partial charge in [0.25, 0.3) is 0 Å². The third kappa shape index (κ3) is 5.89. The van der Waals surface area contributed by atoms with Gasteiger partial charge in [-0.05, 0) is 75.2 Å². The number of fused-ring (bicyclic) bond motifs is 2. The lowest BCUT2D eigenvalue weighted by molar-refractivity contribution is 0.0226. The van der Waals surface area contributed by atoms with Crippen molar-refractivity contribution in [3.8, 4) is 0 Å². The Morgan fingerprint density at radius 2 is 1.31 bits per heavy atom. The molecule has 4 aliphatic heterocycles. The van der Waals surface area contributed by atoms with Crippen molar-refractivity contribution in [2.75, 3.05) is 39.3 Å². The second-order valence-corrected chi connectivity index (χ2v) is 10.8. The van der Waals surface area contributed by atoms with E-state index in [1.165, 1.54) is 94.5 Å². The van der Waals surface area contributed by atoms with Gasteiger partial charge < -0.3 is 0 Å². The molecular formula is C31H44N4. The van der Waals surface area contributed by atoms with Crippen LogP contribution in [-0.4, -0.2) is 77.2 Å². The predicted octanol–water partition coefficient (Wildman–Crippen LogP) is 5.53. The molecular weight excluding hydrogens is 428 g/mol. The number of rotatable bonds is 5. The Morgan fingerprint density at radius 3 is 2.03 bits per heavy atom. The Balaban J connectivity index is 0.000000147. The van der Waals surface area contributed by atoms with Crippen LogP contribution in [0.3, 0.4) is 0 Å². The number of benzene rings is 2. The van der Waals surface area contributed by atoms with Gasteiger partial charge in [0.1, 0.15) is 0 Å². The average Bonchev–Trinajstić information content (AvgIpc) is 3.59. The van der Waals surface area contributed by atoms with Crippen molar-refractivity contribution >= 4 is 5.57 Å². The standard InChI is InChI=1S/C17H24N2.C14H20N2/c1-14(16-8-4-3-5-9-16)15(2)19-13-7-12-18-11-6-10-17(18)19;1-2-6-13(7-3-1)12-16-11-5-10-15-9-4-8-14(15)16/h3-5,8-9,15,17H,1,6-7,10-13H2,2H3;1-3,6-7,14H,4-5,8-12H2. The summed E-state index contributed by atoms with van der Waals surface area (Å²) in [5.41, 5.74) is 4.00. The van der Waals surface area contributed by atoms with E-state index in [4.69, 9.17) is 0 Å². The van der Waals surface area contributed by atoms with E-state index in [-0.39, 0.29) is 0 Å². The minimum absolute atomic E-state index is 0.438. The van der Waals surface area contributed by atoms with Crippen LogP contribution >= 0.6 is 0 Å². The van der Waals surface area contributed by atoms with E-state index in [9.17, 15) is 0 Å². The highest BCUT2D eigenvalue weighted by molar-refractivity contribution is 5.67. The van der Waals surface area contributed by atoms with Crippen molar-refractivity contribution in [2.24, 2.45) is 0 Å². The van der Waals surface area contributed by atoms with Crippen LogP contribution in [0.4, 0.5) is 0 Å². The minimum atomic E-state index is 0.438. The lowest BCUT2D eigenvalue weighted by Crippen LogP contribution is -2.53. The van der Waals surface area contributed by atoms with Gasteiger partial charge in [-0.2, -0.15) is 0 Å². The minimum Gasteiger partial charge on any atom is -0.288 e. The van der Waals surface area contributed by atoms with Gasteiger partial charge in [-0.15, -0.1) is 0 Å². The van der Waals surface area contributed by atoms with Crippen molar-refractivity contribution in [2.45, 2.75) is 70.4 Å². The summed E-state index contributed by atoms with van der Waals surface area (Å²) in [5.74, 6) is 0. The van der Waals surface area contributed by atoms with E-state index >= 15 is 0 Å². The van der Waals surface area contributed by atoms with Crippen LogP contribution in [0.5, 0.6) is 0 Å². The second kappa shape index (κ2) is 11.8. The van der Waals surface area contributed by atoms with Crippen LogP contribution in [0.1, 0.15) is 56.6 Å². The first kappa shape index (κ1) is 24.7. The molecule has 0 radical (unpaired) electrons. The molecule has 0 N–H and O–H groups in total. The fourth-order valence-electron chi connectivity index (χ4n) is 6.71. The van der Waals surface area contributed by atoms with Crippen LogP contribution in [0.2, 0.25) is 0 Å². The molecule has 0 aliphatic carbocycles. The Bertz CT molecular complexity index is 930. The molecule has 35 heavy (non-hydrogen) atoms. The Hall–Kier alpha value is -1.98. The first-order chi connectivity index (χ1) is 17.2. The molecule has 0 saturated carbocycles. The topological polar surface area (TPSA) is 13.0 Å². The van der Waals surface area contributed by atoms with Crippen LogP contribution in [-0.2, 0) is 6.54 Å². The normalized spacial score (nSPS) is 26.4. The van der Waals surface area contributed by atoms with Gasteiger partial charge in [0.05, 0.1) is 12.3 Å². The highest BCUT2D eigenvalue weighted by Gasteiger charge is 2.36. The zero-order valence-corrected chi connectivity index (χ0v) is 21.7. The molecule has 4 aliphatic rings. The van der Waals surface area contributed by atoms with Gasteiger partial charge in [-0.25, -0.2) is 0 Å². The second-order valence-electron chi connectivity index (χ2n) is 10.8. The smallest absolute Gasteiger partial charge is 0.0628 e. The molecule has 4 fully saturated rings. The first-order valence-corrected chi connectivity index (χ1v) is 14.0. The predicted molar refractivity (Wildman–Crippen MR) is 147 cm³/mol. The molecule has 2 aromatic carbocycles. The molecule has 2 aromatic rings. The molecule has 4 heterocycles. The zero-order chi connectivity index (χ0) is 24.0. The van der Waals surface area contributed by atoms with E-state index in [0.717, 1.165) is 12.7 Å². The van der Waals surface area contributed by atoms with E-state index in [0.29, 0.717) is 12.2 Å². The van der Waals surface area contributed by atoms with Gasteiger partial charge in [-0.1, -0.05) is 67.2 Å². The molecule has 6 rings (SSSR count). The molecule has 188 valence electrons. The molecule has 0 aromatic heterocycles. The SMILES string of the molecule is C=C(c1ccccc1)C(C)N1CCCN2CCCC21.c1ccc(CN2CCCN3CCCC32)cc1. The quantitative estimate of drug-likeness (QED) is 0.567. The van der Waals surface area contributed by atoms with Crippen LogP contribution in [0.25, 0.3) is 5.57 Å². The summed E-state index contributed by atoms with van der Waals surface area (Å²) in [6.45, 7) is 15.5. The fraction of sp³-hybridized carbons (Fsp3) is 0.548. The summed E-state index contributed by atoms with van der Waals surface area (Å²) in [6, 6.07) is 21.9. The highest BCUT2D eigenvalue weighted by Crippen LogP contribution is 2.31. The maximum atomic E-state index is 4.35. The van der Waals surface area contributed by atoms with Gasteiger partial charge in [0.2, 0.25) is 0 Å². The first-order valence-electron chi connectivity index (χ1n) is 14.0. The Labute approximate surface area is 213 Å². The lowest BCUT2D eigenvalue weighted by atomic mass is 9.98. The summed E-state index contributed by atoms with van der Waals surface area (Å²) in [7, 11) is 0. The van der Waals surface area contributed by atoms with Gasteiger partial charge in [0, 0.05) is 38.8 Å². The molecule has 3 atom stereocenters. The Morgan fingerprint density at radius 1 is 0.743 bits per heavy atom. The average molecular weight is 473 g/mol. The summed E-state index contributed by atoms with van der Waals surface area (Å²) in [6.07, 6.45) is 9.45. The van der Waals surface area contributed by atoms with E-state index in [1.54, 1.807) is 0 Å². The van der Waals surface area contributed by atoms with E-state index in [1.807, 2.05) is 0 Å². The Kier molecular flexibility index (Phi) is 8.35. The largest absolute Gasteiger partial charge is 0.288 e. The highest BCUT2D eigenvalue weighted by atomic mass is 15.4. The summed E-state index contributed by atoms with van der Waals surface area (Å²) >= 11 is 0.